The van der Waals surface area contributed by atoms with Crippen LogP contribution in [0.3, 0.4) is 0 Å². The first kappa shape index (κ1) is 21.4. The van der Waals surface area contributed by atoms with Gasteiger partial charge in [-0.1, -0.05) is 47.5 Å². The average Bonchev–Trinajstić information content (AvgIpc) is 2.97. The van der Waals surface area contributed by atoms with Gasteiger partial charge in [0.05, 0.1) is 16.9 Å². The van der Waals surface area contributed by atoms with Gasteiger partial charge in [0.25, 0.3) is 5.91 Å². The number of aromatic carboxylic acids is 1. The third kappa shape index (κ3) is 3.04. The fourth-order valence-electron chi connectivity index (χ4n) is 4.40. The minimum atomic E-state index is -1.23. The third-order valence-electron chi connectivity index (χ3n) is 5.81. The molecular formula is C24H20Cl2N2O3. The van der Waals surface area contributed by atoms with E-state index in [-0.39, 0.29) is 11.5 Å². The van der Waals surface area contributed by atoms with E-state index in [1.807, 2.05) is 37.2 Å². The Labute approximate surface area is 190 Å². The number of halogens is 2. The fourth-order valence-corrected chi connectivity index (χ4v) is 4.85. The van der Waals surface area contributed by atoms with E-state index >= 15 is 0 Å². The Morgan fingerprint density at radius 2 is 1.68 bits per heavy atom. The van der Waals surface area contributed by atoms with Crippen molar-refractivity contribution in [1.29, 1.82) is 0 Å². The van der Waals surface area contributed by atoms with Gasteiger partial charge < -0.3 is 5.11 Å². The first-order valence-corrected chi connectivity index (χ1v) is 10.4. The van der Waals surface area contributed by atoms with Gasteiger partial charge in [-0.3, -0.25) is 14.6 Å². The minimum absolute atomic E-state index is 0.140. The SMILES string of the molecule is Cc1c(C(=O)O)cccc1N1C(=O)C(c2ccccc2Cl)(N(C)C)c2cc(Cl)ccc21. The molecule has 0 bridgehead atoms. The van der Waals surface area contributed by atoms with Crippen LogP contribution in [0.1, 0.15) is 27.0 Å². The lowest BCUT2D eigenvalue weighted by molar-refractivity contribution is -0.125. The molecule has 3 aromatic rings. The van der Waals surface area contributed by atoms with Crippen LogP contribution in [0.25, 0.3) is 0 Å². The quantitative estimate of drug-likeness (QED) is 0.566. The van der Waals surface area contributed by atoms with Gasteiger partial charge in [-0.25, -0.2) is 4.79 Å². The molecule has 7 heteroatoms. The summed E-state index contributed by atoms with van der Waals surface area (Å²) in [6.07, 6.45) is 0. The maximum atomic E-state index is 14.3. The van der Waals surface area contributed by atoms with Crippen LogP contribution in [0.5, 0.6) is 0 Å². The Hall–Kier alpha value is -2.86. The Morgan fingerprint density at radius 3 is 2.32 bits per heavy atom. The lowest BCUT2D eigenvalue weighted by Gasteiger charge is -2.36. The first-order chi connectivity index (χ1) is 14.7. The Bertz CT molecular complexity index is 1230. The van der Waals surface area contributed by atoms with Gasteiger partial charge in [-0.05, 0) is 63.0 Å². The maximum Gasteiger partial charge on any atom is 0.336 e. The van der Waals surface area contributed by atoms with Crippen molar-refractivity contribution in [2.75, 3.05) is 19.0 Å². The predicted molar refractivity (Wildman–Crippen MR) is 123 cm³/mol. The second kappa shape index (κ2) is 7.68. The lowest BCUT2D eigenvalue weighted by atomic mass is 9.82. The molecule has 0 fully saturated rings. The molecule has 1 amide bonds. The summed E-state index contributed by atoms with van der Waals surface area (Å²) in [6, 6.07) is 17.4. The highest BCUT2D eigenvalue weighted by Crippen LogP contribution is 2.52. The second-order valence-electron chi connectivity index (χ2n) is 7.64. The molecule has 4 rings (SSSR count). The van der Waals surface area contributed by atoms with E-state index in [0.29, 0.717) is 38.1 Å². The summed E-state index contributed by atoms with van der Waals surface area (Å²) in [7, 11) is 3.63. The van der Waals surface area contributed by atoms with Crippen LogP contribution >= 0.6 is 23.2 Å². The molecule has 0 aromatic heterocycles. The molecule has 1 atom stereocenters. The second-order valence-corrected chi connectivity index (χ2v) is 8.49. The number of amides is 1. The number of hydrogen-bond acceptors (Lipinski definition) is 3. The number of rotatable bonds is 4. The fraction of sp³-hybridized carbons (Fsp3) is 0.167. The molecule has 3 aromatic carbocycles. The van der Waals surface area contributed by atoms with Crippen molar-refractivity contribution in [3.8, 4) is 0 Å². The summed E-state index contributed by atoms with van der Waals surface area (Å²) >= 11 is 13.0. The highest BCUT2D eigenvalue weighted by Gasteiger charge is 2.55. The molecule has 0 spiro atoms. The lowest BCUT2D eigenvalue weighted by Crippen LogP contribution is -2.50. The maximum absolute atomic E-state index is 14.3. The van der Waals surface area contributed by atoms with Crippen LogP contribution in [0.4, 0.5) is 11.4 Å². The zero-order valence-corrected chi connectivity index (χ0v) is 18.7. The molecule has 1 unspecified atom stereocenters. The van der Waals surface area contributed by atoms with Gasteiger partial charge in [-0.2, -0.15) is 0 Å². The van der Waals surface area contributed by atoms with Crippen molar-refractivity contribution in [2.24, 2.45) is 0 Å². The molecule has 0 radical (unpaired) electrons. The molecule has 0 saturated heterocycles. The molecule has 31 heavy (non-hydrogen) atoms. The number of nitrogens with zero attached hydrogens (tertiary/aromatic N) is 2. The van der Waals surface area contributed by atoms with E-state index in [9.17, 15) is 14.7 Å². The number of carboxylic acid groups (broad SMARTS) is 1. The van der Waals surface area contributed by atoms with Crippen molar-refractivity contribution < 1.29 is 14.7 Å². The minimum Gasteiger partial charge on any atom is -0.478 e. The van der Waals surface area contributed by atoms with Gasteiger partial charge in [0.2, 0.25) is 0 Å². The molecule has 1 N–H and O–H groups in total. The van der Waals surface area contributed by atoms with Crippen LogP contribution < -0.4 is 4.90 Å². The Kier molecular flexibility index (Phi) is 5.30. The van der Waals surface area contributed by atoms with Crippen molar-refractivity contribution >= 4 is 46.5 Å². The monoisotopic (exact) mass is 454 g/mol. The normalized spacial score (nSPS) is 17.9. The number of carbonyl (C=O) groups excluding carboxylic acids is 1. The van der Waals surface area contributed by atoms with Crippen molar-refractivity contribution in [3.63, 3.8) is 0 Å². The van der Waals surface area contributed by atoms with Crippen molar-refractivity contribution in [1.82, 2.24) is 4.90 Å². The zero-order chi connectivity index (χ0) is 22.5. The molecule has 158 valence electrons. The number of fused-ring (bicyclic) bond motifs is 1. The highest BCUT2D eigenvalue weighted by molar-refractivity contribution is 6.33. The number of likely N-dealkylation sites (N-methyl/N-ethyl adjacent to an activating group) is 1. The molecule has 5 nitrogen and oxygen atoms in total. The summed E-state index contributed by atoms with van der Waals surface area (Å²) in [5.74, 6) is -1.30. The number of anilines is 2. The smallest absolute Gasteiger partial charge is 0.336 e. The summed E-state index contributed by atoms with van der Waals surface area (Å²) < 4.78 is 0. The highest BCUT2D eigenvalue weighted by atomic mass is 35.5. The topological polar surface area (TPSA) is 60.9 Å². The standard InChI is InChI=1S/C24H20Cl2N2O3/c1-14-16(22(29)30)7-6-10-20(14)28-21-12-11-15(25)13-18(21)24(23(28)31,27(2)3)17-8-4-5-9-19(17)26/h4-13H,1-3H3,(H,29,30). The van der Waals surface area contributed by atoms with E-state index in [0.717, 1.165) is 0 Å². The Morgan fingerprint density at radius 1 is 0.968 bits per heavy atom. The molecule has 0 saturated carbocycles. The summed E-state index contributed by atoms with van der Waals surface area (Å²) in [6.45, 7) is 1.70. The molecule has 1 aliphatic heterocycles. The van der Waals surface area contributed by atoms with Crippen LogP contribution in [0.15, 0.2) is 60.7 Å². The average molecular weight is 455 g/mol. The number of hydrogen-bond donors (Lipinski definition) is 1. The van der Waals surface area contributed by atoms with Crippen LogP contribution in [0, 0.1) is 6.92 Å². The largest absolute Gasteiger partial charge is 0.478 e. The van der Waals surface area contributed by atoms with E-state index in [1.165, 1.54) is 6.07 Å². The first-order valence-electron chi connectivity index (χ1n) is 9.61. The van der Waals surface area contributed by atoms with Crippen LogP contribution in [0.2, 0.25) is 10.0 Å². The summed E-state index contributed by atoms with van der Waals surface area (Å²) in [5, 5.41) is 10.5. The molecule has 0 aliphatic carbocycles. The molecule has 1 aliphatic rings. The van der Waals surface area contributed by atoms with Gasteiger partial charge in [0, 0.05) is 21.2 Å². The van der Waals surface area contributed by atoms with Gasteiger partial charge in [0.15, 0.2) is 5.54 Å². The van der Waals surface area contributed by atoms with E-state index in [2.05, 4.69) is 0 Å². The number of carbonyl (C=O) groups is 2. The summed E-state index contributed by atoms with van der Waals surface area (Å²) in [5.41, 5.74) is 1.86. The van der Waals surface area contributed by atoms with Gasteiger partial charge in [-0.15, -0.1) is 0 Å². The predicted octanol–water partition coefficient (Wildman–Crippen LogP) is 5.48. The summed E-state index contributed by atoms with van der Waals surface area (Å²) in [4.78, 5) is 29.4. The number of carboxylic acids is 1. The van der Waals surface area contributed by atoms with E-state index in [1.54, 1.807) is 48.2 Å². The molecule has 1 heterocycles. The van der Waals surface area contributed by atoms with Crippen molar-refractivity contribution in [2.45, 2.75) is 12.5 Å². The van der Waals surface area contributed by atoms with Crippen molar-refractivity contribution in [3.05, 3.63) is 93.0 Å². The number of benzene rings is 3. The molecular weight excluding hydrogens is 435 g/mol. The van der Waals surface area contributed by atoms with Crippen LogP contribution in [-0.2, 0) is 10.3 Å². The Balaban J connectivity index is 2.08. The van der Waals surface area contributed by atoms with Gasteiger partial charge in [0.1, 0.15) is 0 Å². The third-order valence-corrected chi connectivity index (χ3v) is 6.38. The van der Waals surface area contributed by atoms with Crippen LogP contribution in [-0.4, -0.2) is 36.0 Å². The van der Waals surface area contributed by atoms with Gasteiger partial charge >= 0.3 is 5.97 Å². The van der Waals surface area contributed by atoms with E-state index in [4.69, 9.17) is 23.2 Å². The van der Waals surface area contributed by atoms with E-state index < -0.39 is 11.5 Å². The zero-order valence-electron chi connectivity index (χ0n) is 17.2.